The van der Waals surface area contributed by atoms with Crippen molar-refractivity contribution in [2.75, 3.05) is 27.1 Å². The lowest BCUT2D eigenvalue weighted by Crippen LogP contribution is -2.21. The van der Waals surface area contributed by atoms with Crippen molar-refractivity contribution in [3.8, 4) is 17.2 Å². The summed E-state index contributed by atoms with van der Waals surface area (Å²) in [5.74, 6) is 1.96. The summed E-state index contributed by atoms with van der Waals surface area (Å²) < 4.78 is 15.9. The first-order valence-electron chi connectivity index (χ1n) is 7.44. The van der Waals surface area contributed by atoms with Crippen LogP contribution >= 0.6 is 0 Å². The largest absolute Gasteiger partial charge is 0.497 e. The Morgan fingerprint density at radius 3 is 2.38 bits per heavy atom. The van der Waals surface area contributed by atoms with E-state index in [4.69, 9.17) is 19.9 Å². The summed E-state index contributed by atoms with van der Waals surface area (Å²) in [6.07, 6.45) is 0.798. The standard InChI is InChI=1S/C18H22N2O4/c1-22-15-8-7-13(17(9-15)23-2)10-20(12-21)11-14-5-4-6-16(19)18(14)24-3/h4-9,12H,10-11,19H2,1-3H3. The molecule has 6 heteroatoms. The van der Waals surface area contributed by atoms with Crippen molar-refractivity contribution >= 4 is 12.1 Å². The highest BCUT2D eigenvalue weighted by atomic mass is 16.5. The molecule has 0 aliphatic heterocycles. The highest BCUT2D eigenvalue weighted by Crippen LogP contribution is 2.29. The fraction of sp³-hybridized carbons (Fsp3) is 0.278. The summed E-state index contributed by atoms with van der Waals surface area (Å²) in [5, 5.41) is 0. The van der Waals surface area contributed by atoms with E-state index in [9.17, 15) is 4.79 Å². The van der Waals surface area contributed by atoms with E-state index in [1.807, 2.05) is 24.3 Å². The van der Waals surface area contributed by atoms with Gasteiger partial charge >= 0.3 is 0 Å². The van der Waals surface area contributed by atoms with Crippen LogP contribution in [0.4, 0.5) is 5.69 Å². The van der Waals surface area contributed by atoms with Crippen molar-refractivity contribution < 1.29 is 19.0 Å². The maximum atomic E-state index is 11.5. The number of para-hydroxylation sites is 1. The van der Waals surface area contributed by atoms with Gasteiger partial charge in [0.25, 0.3) is 0 Å². The van der Waals surface area contributed by atoms with E-state index < -0.39 is 0 Å². The quantitative estimate of drug-likeness (QED) is 0.594. The van der Waals surface area contributed by atoms with E-state index in [0.29, 0.717) is 36.0 Å². The zero-order valence-electron chi connectivity index (χ0n) is 14.1. The number of rotatable bonds is 8. The molecule has 0 heterocycles. The number of nitrogens with two attached hydrogens (primary N) is 1. The van der Waals surface area contributed by atoms with E-state index in [2.05, 4.69) is 0 Å². The molecule has 0 saturated heterocycles. The van der Waals surface area contributed by atoms with Crippen LogP contribution in [0.1, 0.15) is 11.1 Å². The van der Waals surface area contributed by atoms with Crippen molar-refractivity contribution in [2.45, 2.75) is 13.1 Å². The van der Waals surface area contributed by atoms with Crippen LogP contribution in [0.15, 0.2) is 36.4 Å². The van der Waals surface area contributed by atoms with Gasteiger partial charge in [0.2, 0.25) is 6.41 Å². The molecule has 0 aliphatic carbocycles. The molecule has 0 atom stereocenters. The molecule has 6 nitrogen and oxygen atoms in total. The molecule has 128 valence electrons. The summed E-state index contributed by atoms with van der Waals surface area (Å²) in [5.41, 5.74) is 8.18. The molecule has 0 radical (unpaired) electrons. The molecule has 0 unspecified atom stereocenters. The van der Waals surface area contributed by atoms with Crippen molar-refractivity contribution in [1.82, 2.24) is 4.90 Å². The van der Waals surface area contributed by atoms with E-state index in [-0.39, 0.29) is 0 Å². The monoisotopic (exact) mass is 330 g/mol. The minimum absolute atomic E-state index is 0.382. The summed E-state index contributed by atoms with van der Waals surface area (Å²) >= 11 is 0. The van der Waals surface area contributed by atoms with Gasteiger partial charge in [-0.1, -0.05) is 12.1 Å². The summed E-state index contributed by atoms with van der Waals surface area (Å²) in [4.78, 5) is 13.1. The van der Waals surface area contributed by atoms with Gasteiger partial charge in [0, 0.05) is 30.3 Å². The fourth-order valence-electron chi connectivity index (χ4n) is 2.53. The van der Waals surface area contributed by atoms with Crippen LogP contribution in [0, 0.1) is 0 Å². The molecule has 2 aromatic rings. The first-order chi connectivity index (χ1) is 11.6. The summed E-state index contributed by atoms with van der Waals surface area (Å²) in [6.45, 7) is 0.779. The molecule has 2 rings (SSSR count). The van der Waals surface area contributed by atoms with Gasteiger partial charge in [-0.3, -0.25) is 4.79 Å². The molecule has 0 aromatic heterocycles. The number of benzene rings is 2. The molecule has 0 aliphatic rings. The molecule has 2 N–H and O–H groups in total. The van der Waals surface area contributed by atoms with Crippen LogP contribution in [0.3, 0.4) is 0 Å². The predicted molar refractivity (Wildman–Crippen MR) is 92.3 cm³/mol. The van der Waals surface area contributed by atoms with Gasteiger partial charge in [0.15, 0.2) is 0 Å². The molecule has 0 spiro atoms. The Kier molecular flexibility index (Phi) is 5.89. The van der Waals surface area contributed by atoms with Gasteiger partial charge in [-0.05, 0) is 18.2 Å². The second-order valence-corrected chi connectivity index (χ2v) is 5.23. The molecule has 24 heavy (non-hydrogen) atoms. The third-order valence-electron chi connectivity index (χ3n) is 3.72. The fourth-order valence-corrected chi connectivity index (χ4v) is 2.53. The first kappa shape index (κ1) is 17.5. The maximum absolute atomic E-state index is 11.5. The average molecular weight is 330 g/mol. The zero-order chi connectivity index (χ0) is 17.5. The van der Waals surface area contributed by atoms with Crippen molar-refractivity contribution in [2.24, 2.45) is 0 Å². The molecule has 0 fully saturated rings. The topological polar surface area (TPSA) is 74.0 Å². The van der Waals surface area contributed by atoms with Crippen LogP contribution in [0.5, 0.6) is 17.2 Å². The van der Waals surface area contributed by atoms with Crippen LogP contribution in [0.25, 0.3) is 0 Å². The SMILES string of the molecule is COc1ccc(CN(C=O)Cc2cccc(N)c2OC)c(OC)c1. The Hall–Kier alpha value is -2.89. The van der Waals surface area contributed by atoms with E-state index >= 15 is 0 Å². The number of ether oxygens (including phenoxy) is 3. The first-order valence-corrected chi connectivity index (χ1v) is 7.44. The Morgan fingerprint density at radius 1 is 1.00 bits per heavy atom. The minimum atomic E-state index is 0.382. The number of hydrogen-bond acceptors (Lipinski definition) is 5. The number of anilines is 1. The zero-order valence-corrected chi connectivity index (χ0v) is 14.1. The maximum Gasteiger partial charge on any atom is 0.210 e. The van der Waals surface area contributed by atoms with Crippen LogP contribution in [0.2, 0.25) is 0 Å². The number of methoxy groups -OCH3 is 3. The van der Waals surface area contributed by atoms with Crippen LogP contribution < -0.4 is 19.9 Å². The lowest BCUT2D eigenvalue weighted by molar-refractivity contribution is -0.119. The Morgan fingerprint density at radius 2 is 1.75 bits per heavy atom. The van der Waals surface area contributed by atoms with Gasteiger partial charge in [-0.2, -0.15) is 0 Å². The molecule has 0 saturated carbocycles. The van der Waals surface area contributed by atoms with Crippen molar-refractivity contribution in [1.29, 1.82) is 0 Å². The highest BCUT2D eigenvalue weighted by molar-refractivity contribution is 5.58. The summed E-state index contributed by atoms with van der Waals surface area (Å²) in [6, 6.07) is 11.0. The Labute approximate surface area is 141 Å². The third-order valence-corrected chi connectivity index (χ3v) is 3.72. The second-order valence-electron chi connectivity index (χ2n) is 5.23. The normalized spacial score (nSPS) is 10.1. The smallest absolute Gasteiger partial charge is 0.210 e. The minimum Gasteiger partial charge on any atom is -0.497 e. The van der Waals surface area contributed by atoms with Gasteiger partial charge in [0.1, 0.15) is 17.2 Å². The number of carbonyl (C=O) groups excluding carboxylic acids is 1. The number of amides is 1. The number of carbonyl (C=O) groups is 1. The third kappa shape index (κ3) is 3.90. The van der Waals surface area contributed by atoms with E-state index in [1.54, 1.807) is 38.4 Å². The summed E-state index contributed by atoms with van der Waals surface area (Å²) in [7, 11) is 4.75. The van der Waals surface area contributed by atoms with Gasteiger partial charge in [0.05, 0.1) is 27.0 Å². The number of nitrogen functional groups attached to an aromatic ring is 1. The molecule has 0 bridgehead atoms. The lowest BCUT2D eigenvalue weighted by Gasteiger charge is -2.21. The van der Waals surface area contributed by atoms with Gasteiger partial charge in [-0.25, -0.2) is 0 Å². The molecular weight excluding hydrogens is 308 g/mol. The Bertz CT molecular complexity index is 703. The second kappa shape index (κ2) is 8.10. The van der Waals surface area contributed by atoms with E-state index in [1.165, 1.54) is 0 Å². The highest BCUT2D eigenvalue weighted by Gasteiger charge is 2.13. The number of hydrogen-bond donors (Lipinski definition) is 1. The molecule has 2 aromatic carbocycles. The Balaban J connectivity index is 2.22. The predicted octanol–water partition coefficient (Wildman–Crippen LogP) is 2.45. The van der Waals surface area contributed by atoms with Gasteiger partial charge < -0.3 is 24.8 Å². The average Bonchev–Trinajstić information content (AvgIpc) is 2.61. The molecular formula is C18H22N2O4. The van der Waals surface area contributed by atoms with Crippen molar-refractivity contribution in [3.63, 3.8) is 0 Å². The lowest BCUT2D eigenvalue weighted by atomic mass is 10.1. The van der Waals surface area contributed by atoms with Gasteiger partial charge in [-0.15, -0.1) is 0 Å². The van der Waals surface area contributed by atoms with Crippen LogP contribution in [-0.4, -0.2) is 32.6 Å². The number of nitrogens with zero attached hydrogens (tertiary/aromatic N) is 1. The van der Waals surface area contributed by atoms with Crippen molar-refractivity contribution in [3.05, 3.63) is 47.5 Å². The van der Waals surface area contributed by atoms with E-state index in [0.717, 1.165) is 17.5 Å². The van der Waals surface area contributed by atoms with Crippen LogP contribution in [-0.2, 0) is 17.9 Å². The molecule has 1 amide bonds.